The molecular formula is C22H22Cl3N7O11P2S2. The number of aliphatic hydroxyl groups excluding tert-OH is 2. The summed E-state index contributed by atoms with van der Waals surface area (Å²) in [5.41, 5.74) is 5.59. The van der Waals surface area contributed by atoms with Gasteiger partial charge in [0.2, 0.25) is 11.2 Å². The summed E-state index contributed by atoms with van der Waals surface area (Å²) >= 11 is 28.1. The van der Waals surface area contributed by atoms with Gasteiger partial charge in [-0.2, -0.15) is 4.98 Å². The highest BCUT2D eigenvalue weighted by Gasteiger charge is 2.53. The van der Waals surface area contributed by atoms with E-state index in [1.807, 2.05) is 0 Å². The molecule has 18 nitrogen and oxygen atoms in total. The van der Waals surface area contributed by atoms with Gasteiger partial charge in [0.25, 0.3) is 5.56 Å². The summed E-state index contributed by atoms with van der Waals surface area (Å²) in [4.78, 5) is 38.1. The zero-order valence-corrected chi connectivity index (χ0v) is 28.8. The molecule has 4 aromatic rings. The van der Waals surface area contributed by atoms with Gasteiger partial charge in [-0.15, -0.1) is 0 Å². The number of hydrogen-bond donors (Lipinski definition) is 6. The molecule has 1 aromatic carbocycles. The first-order valence-corrected chi connectivity index (χ1v) is 19.8. The molecule has 0 spiro atoms. The largest absolute Gasteiger partial charge is 0.387 e. The number of nitrogen functional groups attached to an aromatic ring is 1. The highest BCUT2D eigenvalue weighted by Crippen LogP contribution is 2.58. The van der Waals surface area contributed by atoms with E-state index >= 15 is 0 Å². The number of fused-ring (bicyclic) bond motifs is 5. The molecule has 47 heavy (non-hydrogen) atoms. The SMILES string of the molecule is Nc1nc2c(ncn2C2OC3COP(O)(=S)OC4C(COP(=O)(S)OC2C3O)OC(n2c(Cl)nc3cc(Cl)c(Cl)cc32)C4O)c(=O)[nH]1. The summed E-state index contributed by atoms with van der Waals surface area (Å²) in [7, 11) is 0. The molecule has 0 radical (unpaired) electrons. The van der Waals surface area contributed by atoms with Crippen molar-refractivity contribution in [2.24, 2.45) is 0 Å². The zero-order valence-electron chi connectivity index (χ0n) is 23.1. The number of aliphatic hydroxyl groups is 2. The van der Waals surface area contributed by atoms with Gasteiger partial charge < -0.3 is 34.8 Å². The first kappa shape index (κ1) is 34.0. The quantitative estimate of drug-likeness (QED) is 0.126. The maximum absolute atomic E-state index is 13.6. The van der Waals surface area contributed by atoms with E-state index in [-0.39, 0.29) is 32.4 Å². The highest BCUT2D eigenvalue weighted by atomic mass is 35.5. The van der Waals surface area contributed by atoms with Crippen LogP contribution >= 0.6 is 60.6 Å². The van der Waals surface area contributed by atoms with Crippen LogP contribution in [-0.2, 0) is 43.9 Å². The van der Waals surface area contributed by atoms with E-state index in [1.54, 1.807) is 0 Å². The van der Waals surface area contributed by atoms with Crippen LogP contribution in [0.4, 0.5) is 5.95 Å². The van der Waals surface area contributed by atoms with Gasteiger partial charge in [0.15, 0.2) is 23.6 Å². The smallest absolute Gasteiger partial charge is 0.386 e. The van der Waals surface area contributed by atoms with E-state index in [0.717, 1.165) is 0 Å². The Kier molecular flexibility index (Phi) is 8.99. The number of benzene rings is 1. The number of aromatic nitrogens is 6. The number of ether oxygens (including phenoxy) is 2. The Labute approximate surface area is 287 Å². The topological polar surface area (TPSA) is 241 Å². The maximum atomic E-state index is 13.6. The fourth-order valence-electron chi connectivity index (χ4n) is 5.53. The van der Waals surface area contributed by atoms with Crippen LogP contribution in [0.3, 0.4) is 0 Å². The van der Waals surface area contributed by atoms with Gasteiger partial charge in [-0.05, 0) is 35.5 Å². The number of nitrogens with one attached hydrogen (secondary N) is 1. The van der Waals surface area contributed by atoms with E-state index in [2.05, 4.69) is 32.2 Å². The summed E-state index contributed by atoms with van der Waals surface area (Å²) in [6, 6.07) is 2.94. The predicted octanol–water partition coefficient (Wildman–Crippen LogP) is 2.30. The summed E-state index contributed by atoms with van der Waals surface area (Å²) in [6.45, 7) is -9.81. The minimum Gasteiger partial charge on any atom is -0.387 e. The number of nitrogens with two attached hydrogens (primary N) is 1. The summed E-state index contributed by atoms with van der Waals surface area (Å²) in [6.07, 6.45) is -10.1. The molecule has 3 aromatic heterocycles. The lowest BCUT2D eigenvalue weighted by molar-refractivity contribution is -0.0587. The van der Waals surface area contributed by atoms with Crippen LogP contribution in [0.5, 0.6) is 0 Å². The molecule has 6 N–H and O–H groups in total. The van der Waals surface area contributed by atoms with Crippen LogP contribution < -0.4 is 11.3 Å². The first-order chi connectivity index (χ1) is 22.1. The van der Waals surface area contributed by atoms with Crippen molar-refractivity contribution in [3.63, 3.8) is 0 Å². The normalized spacial score (nSPS) is 36.7. The standard InChI is InChI=1S/C22H22Cl3N7O11P2S2/c23-6-1-8-9(2-7(6)24)32(21(25)28-8)19-14(34)15-11(41-19)4-39-45(37,47)43-16-13(33)10(3-38-44(36,46)42-15)40-20(16)31-5-27-12-17(31)29-22(26)30-18(12)35/h1-2,5,10-11,13-16,19-20,33-34H,3-4H2,(H,36,46)(H,37,47)(H3,26,29,30,35). The second-order valence-corrected chi connectivity index (χ2v) is 17.4. The summed E-state index contributed by atoms with van der Waals surface area (Å²) in [5.74, 6) is -0.230. The van der Waals surface area contributed by atoms with Gasteiger partial charge in [0.1, 0.15) is 36.6 Å². The minimum atomic E-state index is -4.40. The molecule has 254 valence electrons. The Morgan fingerprint density at radius 1 is 1.02 bits per heavy atom. The Bertz CT molecular complexity index is 2050. The van der Waals surface area contributed by atoms with Crippen LogP contribution in [0.2, 0.25) is 15.3 Å². The van der Waals surface area contributed by atoms with Crippen molar-refractivity contribution in [1.82, 2.24) is 29.1 Å². The highest BCUT2D eigenvalue weighted by molar-refractivity contribution is 8.44. The van der Waals surface area contributed by atoms with Crippen LogP contribution in [0.1, 0.15) is 12.5 Å². The second kappa shape index (κ2) is 12.4. The number of rotatable bonds is 2. The third-order valence-electron chi connectivity index (χ3n) is 7.60. The molecule has 3 fully saturated rings. The van der Waals surface area contributed by atoms with Gasteiger partial charge in [-0.1, -0.05) is 35.5 Å². The fourth-order valence-corrected chi connectivity index (χ4v) is 9.03. The number of aromatic amines is 1. The molecule has 7 rings (SSSR count). The van der Waals surface area contributed by atoms with Gasteiger partial charge in [-0.3, -0.25) is 32.5 Å². The molecule has 0 saturated carbocycles. The Hall–Kier alpha value is -1.42. The van der Waals surface area contributed by atoms with E-state index in [1.165, 1.54) is 27.6 Å². The molecule has 0 amide bonds. The Morgan fingerprint density at radius 2 is 1.72 bits per heavy atom. The number of imidazole rings is 2. The van der Waals surface area contributed by atoms with Crippen molar-refractivity contribution >= 4 is 101 Å². The molecule has 3 saturated heterocycles. The summed E-state index contributed by atoms with van der Waals surface area (Å²) in [5, 5.41) is 22.8. The Balaban J connectivity index is 1.22. The minimum absolute atomic E-state index is 0.0401. The lowest BCUT2D eigenvalue weighted by Crippen LogP contribution is -2.36. The average Bonchev–Trinajstić information content (AvgIpc) is 3.70. The molecule has 10 unspecified atom stereocenters. The van der Waals surface area contributed by atoms with Gasteiger partial charge >= 0.3 is 13.5 Å². The molecular weight excluding hydrogens is 771 g/mol. The monoisotopic (exact) mass is 791 g/mol. The number of H-pyrrole nitrogens is 1. The van der Waals surface area contributed by atoms with Gasteiger partial charge in [-0.25, -0.2) is 14.5 Å². The van der Waals surface area contributed by atoms with Crippen molar-refractivity contribution in [3.05, 3.63) is 44.1 Å². The average molecular weight is 793 g/mol. The van der Waals surface area contributed by atoms with Gasteiger partial charge in [0.05, 0.1) is 40.6 Å². The number of hydrogen-bond acceptors (Lipinski definition) is 15. The van der Waals surface area contributed by atoms with E-state index in [9.17, 15) is 24.5 Å². The summed E-state index contributed by atoms with van der Waals surface area (Å²) < 4.78 is 50.6. The van der Waals surface area contributed by atoms with E-state index in [4.69, 9.17) is 79.9 Å². The van der Waals surface area contributed by atoms with Crippen molar-refractivity contribution < 1.29 is 47.2 Å². The lowest BCUT2D eigenvalue weighted by Gasteiger charge is -2.27. The number of anilines is 1. The molecule has 6 heterocycles. The molecule has 0 aliphatic carbocycles. The van der Waals surface area contributed by atoms with Crippen LogP contribution in [-0.4, -0.2) is 94.0 Å². The Morgan fingerprint density at radius 3 is 2.49 bits per heavy atom. The number of halogens is 3. The third-order valence-corrected chi connectivity index (χ3v) is 11.8. The first-order valence-electron chi connectivity index (χ1n) is 13.4. The molecule has 3 aliphatic heterocycles. The third kappa shape index (κ3) is 6.27. The molecule has 2 bridgehead atoms. The van der Waals surface area contributed by atoms with E-state index < -0.39 is 81.4 Å². The van der Waals surface area contributed by atoms with Crippen LogP contribution in [0, 0.1) is 0 Å². The molecule has 3 aliphatic rings. The maximum Gasteiger partial charge on any atom is 0.386 e. The predicted molar refractivity (Wildman–Crippen MR) is 172 cm³/mol. The zero-order chi connectivity index (χ0) is 33.6. The lowest BCUT2D eigenvalue weighted by atomic mass is 10.1. The van der Waals surface area contributed by atoms with E-state index in [0.29, 0.717) is 11.0 Å². The molecule has 10 atom stereocenters. The van der Waals surface area contributed by atoms with Crippen LogP contribution in [0.15, 0.2) is 23.3 Å². The van der Waals surface area contributed by atoms with Crippen molar-refractivity contribution in [2.75, 3.05) is 18.9 Å². The number of nitrogens with zero attached hydrogens (tertiary/aromatic N) is 5. The fraction of sp³-hybridized carbons (Fsp3) is 0.455. The van der Waals surface area contributed by atoms with Crippen LogP contribution in [0.25, 0.3) is 22.2 Å². The van der Waals surface area contributed by atoms with Crippen molar-refractivity contribution in [3.8, 4) is 0 Å². The molecule has 25 heteroatoms. The number of thiol groups is 1. The van der Waals surface area contributed by atoms with Gasteiger partial charge in [0, 0.05) is 0 Å². The second-order valence-electron chi connectivity index (χ2n) is 10.6. The van der Waals surface area contributed by atoms with Crippen molar-refractivity contribution in [1.29, 1.82) is 0 Å². The van der Waals surface area contributed by atoms with Crippen molar-refractivity contribution in [2.45, 2.75) is 49.1 Å².